The molecular formula is C15H28ClN5. The molecule has 1 unspecified atom stereocenters. The van der Waals surface area contributed by atoms with Crippen LogP contribution in [0.5, 0.6) is 0 Å². The topological polar surface area (TPSA) is 36.3 Å². The maximum Gasteiger partial charge on any atom is 0.128 e. The Morgan fingerprint density at radius 2 is 1.90 bits per heavy atom. The van der Waals surface area contributed by atoms with Gasteiger partial charge in [0, 0.05) is 45.3 Å². The number of hydrogen-bond donors (Lipinski definition) is 1. The van der Waals surface area contributed by atoms with Crippen molar-refractivity contribution in [2.45, 2.75) is 32.4 Å². The first-order valence-electron chi connectivity index (χ1n) is 7.65. The molecule has 1 aliphatic heterocycles. The molecule has 0 radical (unpaired) electrons. The molecule has 0 saturated carbocycles. The van der Waals surface area contributed by atoms with E-state index in [0.717, 1.165) is 38.5 Å². The molecule has 2 heterocycles. The quantitative estimate of drug-likeness (QED) is 0.898. The summed E-state index contributed by atoms with van der Waals surface area (Å²) in [6, 6.07) is 0.189. The first kappa shape index (κ1) is 16.7. The van der Waals surface area contributed by atoms with Gasteiger partial charge in [0.25, 0.3) is 0 Å². The lowest BCUT2D eigenvalue weighted by atomic mass is 10.0. The summed E-state index contributed by atoms with van der Waals surface area (Å²) in [4.78, 5) is 9.34. The van der Waals surface area contributed by atoms with E-state index in [1.54, 1.807) is 6.20 Å². The van der Waals surface area contributed by atoms with Crippen LogP contribution in [0.2, 0.25) is 5.15 Å². The van der Waals surface area contributed by atoms with Crippen LogP contribution >= 0.6 is 11.6 Å². The lowest BCUT2D eigenvalue weighted by molar-refractivity contribution is 0.0602. The molecule has 1 fully saturated rings. The predicted molar refractivity (Wildman–Crippen MR) is 87.8 cm³/mol. The molecule has 1 N–H and O–H groups in total. The summed E-state index contributed by atoms with van der Waals surface area (Å²) >= 11 is 6.06. The molecule has 2 rings (SSSR count). The maximum absolute atomic E-state index is 6.06. The molecule has 0 aliphatic carbocycles. The normalized spacial score (nSPS) is 19.9. The molecule has 1 saturated heterocycles. The van der Waals surface area contributed by atoms with Crippen molar-refractivity contribution in [3.05, 3.63) is 17.2 Å². The summed E-state index contributed by atoms with van der Waals surface area (Å²) in [5, 5.41) is 4.28. The Kier molecular flexibility index (Phi) is 5.30. The number of hydrogen-bond acceptors (Lipinski definition) is 4. The molecule has 1 aromatic heterocycles. The maximum atomic E-state index is 6.06. The van der Waals surface area contributed by atoms with Gasteiger partial charge in [0.1, 0.15) is 11.0 Å². The number of nitrogens with zero attached hydrogens (tertiary/aromatic N) is 4. The van der Waals surface area contributed by atoms with Crippen LogP contribution in [-0.2, 0) is 7.05 Å². The highest BCUT2D eigenvalue weighted by Gasteiger charge is 2.29. The van der Waals surface area contributed by atoms with Crippen molar-refractivity contribution >= 4 is 11.6 Å². The van der Waals surface area contributed by atoms with Crippen molar-refractivity contribution in [2.75, 3.05) is 39.8 Å². The van der Waals surface area contributed by atoms with Gasteiger partial charge in [-0.2, -0.15) is 0 Å². The Labute approximate surface area is 133 Å². The average Bonchev–Trinajstić information content (AvgIpc) is 2.77. The molecular weight excluding hydrogens is 286 g/mol. The molecule has 0 bridgehead atoms. The average molecular weight is 314 g/mol. The van der Waals surface area contributed by atoms with Crippen LogP contribution in [0.4, 0.5) is 0 Å². The van der Waals surface area contributed by atoms with Crippen LogP contribution in [0, 0.1) is 0 Å². The van der Waals surface area contributed by atoms with Crippen molar-refractivity contribution < 1.29 is 0 Å². The molecule has 1 aliphatic rings. The number of aromatic nitrogens is 2. The van der Waals surface area contributed by atoms with Crippen molar-refractivity contribution in [2.24, 2.45) is 7.05 Å². The van der Waals surface area contributed by atoms with E-state index in [9.17, 15) is 0 Å². The summed E-state index contributed by atoms with van der Waals surface area (Å²) in [5.41, 5.74) is 0.143. The lowest BCUT2D eigenvalue weighted by Gasteiger charge is -2.43. The fraction of sp³-hybridized carbons (Fsp3) is 0.800. The van der Waals surface area contributed by atoms with Gasteiger partial charge in [-0.1, -0.05) is 11.6 Å². The second-order valence-electron chi connectivity index (χ2n) is 6.70. The minimum absolute atomic E-state index is 0.143. The second kappa shape index (κ2) is 6.65. The smallest absolute Gasteiger partial charge is 0.128 e. The van der Waals surface area contributed by atoms with Gasteiger partial charge in [-0.05, 0) is 27.8 Å². The van der Waals surface area contributed by atoms with Crippen molar-refractivity contribution in [1.29, 1.82) is 0 Å². The van der Waals surface area contributed by atoms with E-state index in [1.807, 2.05) is 11.6 Å². The minimum atomic E-state index is 0.143. The third-order valence-corrected chi connectivity index (χ3v) is 4.91. The minimum Gasteiger partial charge on any atom is -0.321 e. The first-order chi connectivity index (χ1) is 9.81. The van der Waals surface area contributed by atoms with Crippen LogP contribution < -0.4 is 5.32 Å². The number of halogens is 1. The highest BCUT2D eigenvalue weighted by molar-refractivity contribution is 6.29. The van der Waals surface area contributed by atoms with E-state index < -0.39 is 0 Å². The Morgan fingerprint density at radius 1 is 1.29 bits per heavy atom. The third-order valence-electron chi connectivity index (χ3n) is 4.55. The van der Waals surface area contributed by atoms with E-state index in [1.165, 1.54) is 0 Å². The third kappa shape index (κ3) is 3.97. The SMILES string of the molecule is CC(NCC(C)(C)N1CCN(C)CC1)c1ncc(Cl)n1C. The summed E-state index contributed by atoms with van der Waals surface area (Å²) in [6.45, 7) is 12.2. The molecule has 0 spiro atoms. The van der Waals surface area contributed by atoms with Gasteiger partial charge in [0.2, 0.25) is 0 Å². The molecule has 6 heteroatoms. The summed E-state index contributed by atoms with van der Waals surface area (Å²) in [7, 11) is 4.14. The fourth-order valence-corrected chi connectivity index (χ4v) is 2.96. The number of piperazine rings is 1. The largest absolute Gasteiger partial charge is 0.321 e. The number of likely N-dealkylation sites (N-methyl/N-ethyl adjacent to an activating group) is 1. The van der Waals surface area contributed by atoms with E-state index in [4.69, 9.17) is 11.6 Å². The van der Waals surface area contributed by atoms with E-state index in [0.29, 0.717) is 5.15 Å². The number of nitrogens with one attached hydrogen (secondary N) is 1. The van der Waals surface area contributed by atoms with Crippen molar-refractivity contribution in [3.8, 4) is 0 Å². The van der Waals surface area contributed by atoms with Crippen LogP contribution in [0.3, 0.4) is 0 Å². The van der Waals surface area contributed by atoms with Gasteiger partial charge in [0.05, 0.1) is 12.2 Å². The van der Waals surface area contributed by atoms with Crippen molar-refractivity contribution in [1.82, 2.24) is 24.7 Å². The van der Waals surface area contributed by atoms with E-state index in [-0.39, 0.29) is 11.6 Å². The van der Waals surface area contributed by atoms with Crippen LogP contribution in [0.15, 0.2) is 6.20 Å². The van der Waals surface area contributed by atoms with Crippen LogP contribution in [0.25, 0.3) is 0 Å². The van der Waals surface area contributed by atoms with Crippen LogP contribution in [-0.4, -0.2) is 64.7 Å². The van der Waals surface area contributed by atoms with Crippen molar-refractivity contribution in [3.63, 3.8) is 0 Å². The lowest BCUT2D eigenvalue weighted by Crippen LogP contribution is -2.57. The van der Waals surface area contributed by atoms with Gasteiger partial charge in [-0.15, -0.1) is 0 Å². The van der Waals surface area contributed by atoms with Gasteiger partial charge in [0.15, 0.2) is 0 Å². The predicted octanol–water partition coefficient (Wildman–Crippen LogP) is 1.75. The number of rotatable bonds is 5. The second-order valence-corrected chi connectivity index (χ2v) is 7.09. The molecule has 1 aromatic rings. The Hall–Kier alpha value is -0.620. The molecule has 0 aromatic carbocycles. The zero-order valence-corrected chi connectivity index (χ0v) is 14.6. The molecule has 21 heavy (non-hydrogen) atoms. The van der Waals surface area contributed by atoms with Gasteiger partial charge in [-0.3, -0.25) is 4.90 Å². The molecule has 5 nitrogen and oxygen atoms in total. The first-order valence-corrected chi connectivity index (χ1v) is 8.03. The number of imidazole rings is 1. The Bertz CT molecular complexity index is 463. The molecule has 1 atom stereocenters. The van der Waals surface area contributed by atoms with E-state index in [2.05, 4.69) is 47.9 Å². The summed E-state index contributed by atoms with van der Waals surface area (Å²) in [5.74, 6) is 0.981. The molecule has 120 valence electrons. The zero-order chi connectivity index (χ0) is 15.6. The van der Waals surface area contributed by atoms with E-state index >= 15 is 0 Å². The summed E-state index contributed by atoms with van der Waals surface area (Å²) in [6.07, 6.45) is 1.71. The van der Waals surface area contributed by atoms with Gasteiger partial charge in [-0.25, -0.2) is 4.98 Å². The van der Waals surface area contributed by atoms with Gasteiger partial charge >= 0.3 is 0 Å². The zero-order valence-electron chi connectivity index (χ0n) is 13.9. The Morgan fingerprint density at radius 3 is 2.43 bits per heavy atom. The highest BCUT2D eigenvalue weighted by atomic mass is 35.5. The monoisotopic (exact) mass is 313 g/mol. The highest BCUT2D eigenvalue weighted by Crippen LogP contribution is 2.19. The Balaban J connectivity index is 1.90. The fourth-order valence-electron chi connectivity index (χ4n) is 2.82. The standard InChI is InChI=1S/C15H28ClN5/c1-12(14-17-10-13(16)20(14)5)18-11-15(2,3)21-8-6-19(4)7-9-21/h10,12,18H,6-9,11H2,1-5H3. The van der Waals surface area contributed by atoms with Crippen LogP contribution in [0.1, 0.15) is 32.6 Å². The van der Waals surface area contributed by atoms with Gasteiger partial charge < -0.3 is 14.8 Å². The molecule has 0 amide bonds. The summed E-state index contributed by atoms with van der Waals surface area (Å²) < 4.78 is 1.93.